The number of ketones is 1. The molecule has 0 unspecified atom stereocenters. The van der Waals surface area contributed by atoms with Gasteiger partial charge in [0.05, 0.1) is 17.7 Å². The molecule has 1 amide bonds. The van der Waals surface area contributed by atoms with Crippen LogP contribution >= 0.6 is 15.9 Å². The number of halogens is 4. The Kier molecular flexibility index (Phi) is 4.50. The molecule has 3 nitrogen and oxygen atoms in total. The third kappa shape index (κ3) is 4.14. The minimum atomic E-state index is -4.58. The molecule has 0 aliphatic heterocycles. The standard InChI is InChI=1S/C11H9BrF3NO2/c1-6(17)4-10(18)16-9-3-2-7(12)5-8(9)11(13,14)15/h2-3,5H,4H2,1H3,(H,16,18). The van der Waals surface area contributed by atoms with Crippen LogP contribution in [0.3, 0.4) is 0 Å². The van der Waals surface area contributed by atoms with Gasteiger partial charge in [0.15, 0.2) is 0 Å². The number of alkyl halides is 3. The average Bonchev–Trinajstić information content (AvgIpc) is 2.17. The Labute approximate surface area is 109 Å². The van der Waals surface area contributed by atoms with E-state index in [1.54, 1.807) is 0 Å². The number of hydrogen-bond donors (Lipinski definition) is 1. The summed E-state index contributed by atoms with van der Waals surface area (Å²) in [5.41, 5.74) is -1.33. The quantitative estimate of drug-likeness (QED) is 0.867. The van der Waals surface area contributed by atoms with Crippen molar-refractivity contribution in [3.05, 3.63) is 28.2 Å². The fourth-order valence-electron chi connectivity index (χ4n) is 1.28. The van der Waals surface area contributed by atoms with Crippen molar-refractivity contribution in [3.8, 4) is 0 Å². The lowest BCUT2D eigenvalue weighted by Gasteiger charge is -2.13. The second-order valence-electron chi connectivity index (χ2n) is 3.61. The molecule has 98 valence electrons. The average molecular weight is 324 g/mol. The Morgan fingerprint density at radius 1 is 1.33 bits per heavy atom. The van der Waals surface area contributed by atoms with Crippen molar-refractivity contribution in [2.75, 3.05) is 5.32 Å². The van der Waals surface area contributed by atoms with Gasteiger partial charge in [0, 0.05) is 4.47 Å². The zero-order valence-corrected chi connectivity index (χ0v) is 10.9. The number of anilines is 1. The molecule has 18 heavy (non-hydrogen) atoms. The number of nitrogens with one attached hydrogen (secondary N) is 1. The number of hydrogen-bond acceptors (Lipinski definition) is 2. The van der Waals surface area contributed by atoms with Gasteiger partial charge in [-0.1, -0.05) is 15.9 Å². The van der Waals surface area contributed by atoms with Crippen LogP contribution in [0.15, 0.2) is 22.7 Å². The molecule has 0 aliphatic rings. The van der Waals surface area contributed by atoms with Crippen LogP contribution in [0, 0.1) is 0 Å². The number of carbonyl (C=O) groups excluding carboxylic acids is 2. The fraction of sp³-hybridized carbons (Fsp3) is 0.273. The summed E-state index contributed by atoms with van der Waals surface area (Å²) in [6.07, 6.45) is -5.03. The van der Waals surface area contributed by atoms with E-state index in [-0.39, 0.29) is 10.2 Å². The summed E-state index contributed by atoms with van der Waals surface area (Å²) in [6.45, 7) is 1.19. The van der Waals surface area contributed by atoms with E-state index >= 15 is 0 Å². The number of carbonyl (C=O) groups is 2. The molecule has 0 atom stereocenters. The largest absolute Gasteiger partial charge is 0.418 e. The highest BCUT2D eigenvalue weighted by Crippen LogP contribution is 2.36. The van der Waals surface area contributed by atoms with E-state index in [1.807, 2.05) is 0 Å². The first-order chi connectivity index (χ1) is 8.20. The van der Waals surface area contributed by atoms with Crippen molar-refractivity contribution in [2.24, 2.45) is 0 Å². The van der Waals surface area contributed by atoms with Gasteiger partial charge in [-0.05, 0) is 25.1 Å². The summed E-state index contributed by atoms with van der Waals surface area (Å²) >= 11 is 2.93. The Bertz CT molecular complexity index is 486. The number of benzene rings is 1. The van der Waals surface area contributed by atoms with Gasteiger partial charge in [-0.3, -0.25) is 9.59 Å². The second kappa shape index (κ2) is 5.51. The van der Waals surface area contributed by atoms with Gasteiger partial charge in [-0.2, -0.15) is 13.2 Å². The molecule has 1 aromatic rings. The molecular formula is C11H9BrF3NO2. The molecule has 1 N–H and O–H groups in total. The molecule has 7 heteroatoms. The van der Waals surface area contributed by atoms with Crippen LogP contribution in [0.25, 0.3) is 0 Å². The Morgan fingerprint density at radius 3 is 2.44 bits per heavy atom. The van der Waals surface area contributed by atoms with Crippen molar-refractivity contribution < 1.29 is 22.8 Å². The highest BCUT2D eigenvalue weighted by molar-refractivity contribution is 9.10. The summed E-state index contributed by atoms with van der Waals surface area (Å²) < 4.78 is 38.4. The Hall–Kier alpha value is -1.37. The molecule has 0 saturated carbocycles. The number of rotatable bonds is 3. The second-order valence-corrected chi connectivity index (χ2v) is 4.53. The van der Waals surface area contributed by atoms with Gasteiger partial charge >= 0.3 is 6.18 Å². The van der Waals surface area contributed by atoms with Gasteiger partial charge < -0.3 is 5.32 Å². The first-order valence-electron chi connectivity index (χ1n) is 4.86. The lowest BCUT2D eigenvalue weighted by atomic mass is 10.1. The normalized spacial score (nSPS) is 11.2. The fourth-order valence-corrected chi connectivity index (χ4v) is 1.64. The van der Waals surface area contributed by atoms with Crippen LogP contribution < -0.4 is 5.32 Å². The van der Waals surface area contributed by atoms with E-state index in [0.717, 1.165) is 12.1 Å². The molecule has 0 radical (unpaired) electrons. The number of amides is 1. The lowest BCUT2D eigenvalue weighted by Crippen LogP contribution is -2.18. The monoisotopic (exact) mass is 323 g/mol. The molecule has 0 aliphatic carbocycles. The van der Waals surface area contributed by atoms with Crippen molar-refractivity contribution in [1.29, 1.82) is 0 Å². The lowest BCUT2D eigenvalue weighted by molar-refractivity contribution is -0.137. The SMILES string of the molecule is CC(=O)CC(=O)Nc1ccc(Br)cc1C(F)(F)F. The van der Waals surface area contributed by atoms with Crippen LogP contribution in [-0.4, -0.2) is 11.7 Å². The molecule has 0 bridgehead atoms. The molecule has 1 rings (SSSR count). The van der Waals surface area contributed by atoms with E-state index in [1.165, 1.54) is 13.0 Å². The first kappa shape index (κ1) is 14.7. The molecule has 1 aromatic carbocycles. The summed E-state index contributed by atoms with van der Waals surface area (Å²) in [4.78, 5) is 22.0. The third-order valence-corrected chi connectivity index (χ3v) is 2.46. The van der Waals surface area contributed by atoms with Gasteiger partial charge in [0.1, 0.15) is 5.78 Å². The van der Waals surface area contributed by atoms with E-state index in [9.17, 15) is 22.8 Å². The summed E-state index contributed by atoms with van der Waals surface area (Å²) in [5.74, 6) is -1.19. The zero-order valence-electron chi connectivity index (χ0n) is 9.27. The topological polar surface area (TPSA) is 46.2 Å². The Balaban J connectivity index is 3.02. The van der Waals surface area contributed by atoms with E-state index < -0.39 is 29.9 Å². The van der Waals surface area contributed by atoms with Gasteiger partial charge in [0.2, 0.25) is 5.91 Å². The van der Waals surface area contributed by atoms with Crippen LogP contribution in [0.5, 0.6) is 0 Å². The Morgan fingerprint density at radius 2 is 1.94 bits per heavy atom. The van der Waals surface area contributed by atoms with E-state index in [4.69, 9.17) is 0 Å². The van der Waals surface area contributed by atoms with Crippen molar-refractivity contribution >= 4 is 33.3 Å². The predicted molar refractivity (Wildman–Crippen MR) is 63.1 cm³/mol. The first-order valence-corrected chi connectivity index (χ1v) is 5.65. The van der Waals surface area contributed by atoms with E-state index in [2.05, 4.69) is 21.2 Å². The van der Waals surface area contributed by atoms with Crippen LogP contribution in [0.2, 0.25) is 0 Å². The van der Waals surface area contributed by atoms with Crippen LogP contribution in [0.1, 0.15) is 18.9 Å². The smallest absolute Gasteiger partial charge is 0.325 e. The van der Waals surface area contributed by atoms with Gasteiger partial charge in [-0.25, -0.2) is 0 Å². The predicted octanol–water partition coefficient (Wildman–Crippen LogP) is 3.39. The van der Waals surface area contributed by atoms with E-state index in [0.29, 0.717) is 0 Å². The molecule has 0 heterocycles. The van der Waals surface area contributed by atoms with Crippen molar-refractivity contribution in [1.82, 2.24) is 0 Å². The molecule has 0 saturated heterocycles. The minimum Gasteiger partial charge on any atom is -0.325 e. The summed E-state index contributed by atoms with van der Waals surface area (Å²) in [7, 11) is 0. The van der Waals surface area contributed by atoms with Crippen LogP contribution in [-0.2, 0) is 15.8 Å². The summed E-state index contributed by atoms with van der Waals surface area (Å²) in [5, 5.41) is 2.08. The zero-order chi connectivity index (χ0) is 13.9. The minimum absolute atomic E-state index is 0.249. The highest BCUT2D eigenvalue weighted by atomic mass is 79.9. The maximum Gasteiger partial charge on any atom is 0.418 e. The van der Waals surface area contributed by atoms with Crippen molar-refractivity contribution in [2.45, 2.75) is 19.5 Å². The van der Waals surface area contributed by atoms with Crippen LogP contribution in [0.4, 0.5) is 18.9 Å². The maximum absolute atomic E-state index is 12.7. The van der Waals surface area contributed by atoms with Gasteiger partial charge in [-0.15, -0.1) is 0 Å². The molecule has 0 fully saturated rings. The third-order valence-electron chi connectivity index (χ3n) is 1.97. The number of Topliss-reactive ketones (excluding diaryl/α,β-unsaturated/α-hetero) is 1. The molecular weight excluding hydrogens is 315 g/mol. The molecule has 0 aromatic heterocycles. The maximum atomic E-state index is 12.7. The molecule has 0 spiro atoms. The van der Waals surface area contributed by atoms with Crippen molar-refractivity contribution in [3.63, 3.8) is 0 Å². The van der Waals surface area contributed by atoms with Gasteiger partial charge in [0.25, 0.3) is 0 Å². The highest BCUT2D eigenvalue weighted by Gasteiger charge is 2.34. The summed E-state index contributed by atoms with van der Waals surface area (Å²) in [6, 6.07) is 3.37.